The number of amides is 1. The Morgan fingerprint density at radius 3 is 2.67 bits per heavy atom. The third-order valence-corrected chi connectivity index (χ3v) is 9.08. The van der Waals surface area contributed by atoms with E-state index in [1.807, 2.05) is 25.7 Å². The minimum atomic E-state index is -0.466. The number of halogens is 1. The van der Waals surface area contributed by atoms with Gasteiger partial charge in [0.05, 0.1) is 0 Å². The zero-order valence-electron chi connectivity index (χ0n) is 24.3. The van der Waals surface area contributed by atoms with Gasteiger partial charge in [-0.05, 0) is 93.9 Å². The molecule has 8 nitrogen and oxygen atoms in total. The normalized spacial score (nSPS) is 21.9. The Bertz CT molecular complexity index is 1190. The summed E-state index contributed by atoms with van der Waals surface area (Å²) < 4.78 is 15.1. The number of fused-ring (bicyclic) bond motifs is 4. The molecule has 5 rings (SSSR count). The molecule has 1 aromatic heterocycles. The van der Waals surface area contributed by atoms with E-state index in [-0.39, 0.29) is 12.1 Å². The van der Waals surface area contributed by atoms with E-state index >= 15 is 0 Å². The maximum absolute atomic E-state index is 12.6. The number of nitrogens with one attached hydrogen (secondary N) is 1. The van der Waals surface area contributed by atoms with Crippen LogP contribution < -0.4 is 9.46 Å². The molecule has 218 valence electrons. The van der Waals surface area contributed by atoms with Crippen molar-refractivity contribution in [3.63, 3.8) is 0 Å². The molecular weight excluding hydrogens is 546 g/mol. The molecule has 3 heterocycles. The van der Waals surface area contributed by atoms with Crippen molar-refractivity contribution in [1.82, 2.24) is 19.8 Å². The monoisotopic (exact) mass is 587 g/mol. The zero-order valence-corrected chi connectivity index (χ0v) is 25.9. The second-order valence-corrected chi connectivity index (χ2v) is 14.3. The lowest BCUT2D eigenvalue weighted by molar-refractivity contribution is -0.0705. The van der Waals surface area contributed by atoms with E-state index in [0.29, 0.717) is 41.0 Å². The number of hydrogen-bond acceptors (Lipinski definition) is 8. The molecule has 4 bridgehead atoms. The van der Waals surface area contributed by atoms with Crippen LogP contribution in [0.3, 0.4) is 0 Å². The van der Waals surface area contributed by atoms with E-state index in [1.54, 1.807) is 6.07 Å². The highest BCUT2D eigenvalue weighted by Gasteiger charge is 2.49. The van der Waals surface area contributed by atoms with Gasteiger partial charge >= 0.3 is 6.09 Å². The predicted octanol–water partition coefficient (Wildman–Crippen LogP) is 7.04. The van der Waals surface area contributed by atoms with Crippen LogP contribution in [0.15, 0.2) is 35.2 Å². The lowest BCUT2D eigenvalue weighted by Crippen LogP contribution is -2.58. The second kappa shape index (κ2) is 11.9. The molecule has 10 heteroatoms. The van der Waals surface area contributed by atoms with E-state index in [4.69, 9.17) is 21.1 Å². The molecule has 2 aromatic rings. The summed E-state index contributed by atoms with van der Waals surface area (Å²) in [7, 11) is 0. The number of likely N-dealkylation sites (tertiary alicyclic amines) is 1. The van der Waals surface area contributed by atoms with Crippen LogP contribution >= 0.6 is 23.5 Å². The van der Waals surface area contributed by atoms with Gasteiger partial charge in [-0.3, -0.25) is 9.62 Å². The quantitative estimate of drug-likeness (QED) is 0.303. The van der Waals surface area contributed by atoms with Gasteiger partial charge in [-0.2, -0.15) is 4.98 Å². The summed E-state index contributed by atoms with van der Waals surface area (Å²) >= 11 is 7.78. The SMILES string of the molecule is CC(C)CC1COc2cc(Cl)nc(n2)NSc2cccc(c2)CN1C1CC2(CCN(C(=O)OC(C)(C)C)CC2)C1. The van der Waals surface area contributed by atoms with Crippen LogP contribution in [0.5, 0.6) is 5.88 Å². The van der Waals surface area contributed by atoms with Crippen molar-refractivity contribution in [3.8, 4) is 5.88 Å². The maximum Gasteiger partial charge on any atom is 0.410 e. The highest BCUT2D eigenvalue weighted by molar-refractivity contribution is 8.00. The summed E-state index contributed by atoms with van der Waals surface area (Å²) in [6.45, 7) is 13.2. The van der Waals surface area contributed by atoms with E-state index in [9.17, 15) is 4.79 Å². The summed E-state index contributed by atoms with van der Waals surface area (Å²) in [5.41, 5.74) is 1.11. The Hall–Kier alpha value is -2.23. The number of carbonyl (C=O) groups excluding carboxylic acids is 1. The summed E-state index contributed by atoms with van der Waals surface area (Å²) in [6.07, 6.45) is 5.18. The number of benzene rings is 1. The molecule has 1 saturated heterocycles. The summed E-state index contributed by atoms with van der Waals surface area (Å²) in [5.74, 6) is 1.45. The first-order valence-corrected chi connectivity index (χ1v) is 15.6. The van der Waals surface area contributed by atoms with E-state index in [2.05, 4.69) is 57.7 Å². The molecule has 2 fully saturated rings. The second-order valence-electron chi connectivity index (χ2n) is 13.0. The van der Waals surface area contributed by atoms with Crippen molar-refractivity contribution in [3.05, 3.63) is 41.0 Å². The van der Waals surface area contributed by atoms with Crippen LogP contribution in [0, 0.1) is 11.3 Å². The molecular formula is C30H42ClN5O3S. The maximum atomic E-state index is 12.6. The molecule has 1 amide bonds. The molecule has 1 N–H and O–H groups in total. The third-order valence-electron chi connectivity index (χ3n) is 8.11. The summed E-state index contributed by atoms with van der Waals surface area (Å²) in [6, 6.07) is 11.0. The first-order chi connectivity index (χ1) is 19.0. The standard InChI is InChI=1S/C30H42ClN5O3S/c1-20(2)13-22-19-38-26-15-25(31)32-27(33-26)34-40-24-8-6-7-21(14-24)18-36(22)23-16-30(17-23)9-11-35(12-10-30)28(37)39-29(3,4)5/h6-8,14-15,20,22-23H,9-13,16-19H2,1-5H3,(H,32,33,34). The minimum Gasteiger partial charge on any atom is -0.476 e. The molecule has 2 aliphatic heterocycles. The molecule has 1 aromatic carbocycles. The fraction of sp³-hybridized carbons (Fsp3) is 0.633. The van der Waals surface area contributed by atoms with E-state index in [0.717, 1.165) is 56.6 Å². The highest BCUT2D eigenvalue weighted by atomic mass is 35.5. The van der Waals surface area contributed by atoms with Gasteiger partial charge < -0.3 is 14.4 Å². The molecule has 1 spiro atoms. The van der Waals surface area contributed by atoms with Crippen LogP contribution in [0.25, 0.3) is 0 Å². The number of ether oxygens (including phenoxy) is 2. The Labute approximate surface area is 247 Å². The molecule has 40 heavy (non-hydrogen) atoms. The van der Waals surface area contributed by atoms with Crippen molar-refractivity contribution in [2.45, 2.75) is 95.8 Å². The summed E-state index contributed by atoms with van der Waals surface area (Å²) in [5, 5.41) is 0.354. The molecule has 0 radical (unpaired) electrons. The Morgan fingerprint density at radius 2 is 1.98 bits per heavy atom. The third kappa shape index (κ3) is 7.34. The number of aromatic nitrogens is 2. The van der Waals surface area contributed by atoms with Crippen molar-refractivity contribution in [2.75, 3.05) is 24.4 Å². The Balaban J connectivity index is 1.34. The number of rotatable bonds is 3. The van der Waals surface area contributed by atoms with E-state index < -0.39 is 5.60 Å². The predicted molar refractivity (Wildman–Crippen MR) is 160 cm³/mol. The van der Waals surface area contributed by atoms with Crippen LogP contribution in [-0.2, 0) is 11.3 Å². The van der Waals surface area contributed by atoms with Gasteiger partial charge in [-0.1, -0.05) is 37.6 Å². The Morgan fingerprint density at radius 1 is 1.23 bits per heavy atom. The van der Waals surface area contributed by atoms with Crippen LogP contribution in [0.1, 0.15) is 72.3 Å². The van der Waals surface area contributed by atoms with Gasteiger partial charge in [-0.15, -0.1) is 0 Å². The van der Waals surface area contributed by atoms with Gasteiger partial charge in [0.25, 0.3) is 0 Å². The number of carbonyl (C=O) groups is 1. The van der Waals surface area contributed by atoms with Crippen molar-refractivity contribution in [2.24, 2.45) is 11.3 Å². The highest BCUT2D eigenvalue weighted by Crippen LogP contribution is 2.52. The Kier molecular flexibility index (Phi) is 8.74. The molecule has 1 unspecified atom stereocenters. The lowest BCUT2D eigenvalue weighted by atomic mass is 9.59. The van der Waals surface area contributed by atoms with Gasteiger partial charge in [0, 0.05) is 42.7 Å². The van der Waals surface area contributed by atoms with Gasteiger partial charge in [-0.25, -0.2) is 9.78 Å². The van der Waals surface area contributed by atoms with Gasteiger partial charge in [0.2, 0.25) is 11.8 Å². The number of nitrogens with zero attached hydrogens (tertiary/aromatic N) is 4. The molecule has 1 atom stereocenters. The topological polar surface area (TPSA) is 79.8 Å². The first-order valence-electron chi connectivity index (χ1n) is 14.4. The van der Waals surface area contributed by atoms with Crippen LogP contribution in [0.2, 0.25) is 5.15 Å². The molecule has 3 aliphatic rings. The first kappa shape index (κ1) is 29.3. The fourth-order valence-corrected chi connectivity index (χ4v) is 7.02. The van der Waals surface area contributed by atoms with Crippen LogP contribution in [0.4, 0.5) is 10.7 Å². The minimum absolute atomic E-state index is 0.188. The number of hydrogen-bond donors (Lipinski definition) is 1. The smallest absolute Gasteiger partial charge is 0.410 e. The average molecular weight is 588 g/mol. The van der Waals surface area contributed by atoms with Crippen molar-refractivity contribution >= 4 is 35.6 Å². The van der Waals surface area contributed by atoms with Crippen LogP contribution in [-0.4, -0.2) is 63.2 Å². The summed E-state index contributed by atoms with van der Waals surface area (Å²) in [4.78, 5) is 27.1. The molecule has 1 saturated carbocycles. The number of anilines is 1. The van der Waals surface area contributed by atoms with Crippen molar-refractivity contribution < 1.29 is 14.3 Å². The average Bonchev–Trinajstić information content (AvgIpc) is 2.86. The van der Waals surface area contributed by atoms with Gasteiger partial charge in [0.15, 0.2) is 0 Å². The van der Waals surface area contributed by atoms with Crippen molar-refractivity contribution in [1.29, 1.82) is 0 Å². The zero-order chi connectivity index (χ0) is 28.5. The number of piperidine rings is 1. The van der Waals surface area contributed by atoms with E-state index in [1.165, 1.54) is 17.5 Å². The fourth-order valence-electron chi connectivity index (χ4n) is 6.19. The van der Waals surface area contributed by atoms with Gasteiger partial charge in [0.1, 0.15) is 17.4 Å². The molecule has 1 aliphatic carbocycles. The lowest BCUT2D eigenvalue weighted by Gasteiger charge is -2.56. The largest absolute Gasteiger partial charge is 0.476 e.